The van der Waals surface area contributed by atoms with Gasteiger partial charge in [-0.2, -0.15) is 0 Å². The number of likely N-dealkylation sites (tertiary alicyclic amines) is 1. The van der Waals surface area contributed by atoms with Crippen LogP contribution in [0.15, 0.2) is 30.0 Å². The van der Waals surface area contributed by atoms with E-state index in [-0.39, 0.29) is 0 Å². The van der Waals surface area contributed by atoms with E-state index in [4.69, 9.17) is 16.8 Å². The molecule has 1 aromatic heterocycles. The van der Waals surface area contributed by atoms with Gasteiger partial charge in [-0.15, -0.1) is 0 Å². The van der Waals surface area contributed by atoms with E-state index in [0.29, 0.717) is 22.4 Å². The minimum Gasteiger partial charge on any atom is -0.365 e. The Labute approximate surface area is 147 Å². The minimum atomic E-state index is -0.601. The van der Waals surface area contributed by atoms with Crippen molar-refractivity contribution in [3.05, 3.63) is 40.6 Å². The van der Waals surface area contributed by atoms with Crippen molar-refractivity contribution < 1.29 is 10.0 Å². The maximum atomic E-state index is 11.0. The van der Waals surface area contributed by atoms with Crippen LogP contribution in [0.3, 0.4) is 0 Å². The Morgan fingerprint density at radius 3 is 3.00 bits per heavy atom. The fourth-order valence-electron chi connectivity index (χ4n) is 2.48. The first-order valence-electron chi connectivity index (χ1n) is 7.88. The summed E-state index contributed by atoms with van der Waals surface area (Å²) in [5.41, 5.74) is 3.54. The van der Waals surface area contributed by atoms with E-state index in [1.54, 1.807) is 12.3 Å². The largest absolute Gasteiger partial charge is 0.365 e. The molecular weight excluding hydrogens is 328 g/mol. The standard InChI is InChI=1S/C17H23ClN4O2/c1-12(2)5-7-22-8-6-14(11-22)20-17-15(18)9-13(10-19-17)3-4-16(23)21-24/h3-5,9-10,14,24H,6-8,11H2,1-2H3,(H,19,20)(H,21,23)/b4-3+/t14-/m1/s1. The third-order valence-corrected chi connectivity index (χ3v) is 4.06. The van der Waals surface area contributed by atoms with Crippen LogP contribution in [0.2, 0.25) is 5.02 Å². The van der Waals surface area contributed by atoms with Crippen LogP contribution < -0.4 is 10.8 Å². The highest BCUT2D eigenvalue weighted by Gasteiger charge is 2.22. The van der Waals surface area contributed by atoms with Gasteiger partial charge < -0.3 is 5.32 Å². The van der Waals surface area contributed by atoms with E-state index in [1.807, 2.05) is 0 Å². The number of hydrogen-bond donors (Lipinski definition) is 3. The molecule has 1 aliphatic rings. The lowest BCUT2D eigenvalue weighted by molar-refractivity contribution is -0.124. The molecule has 24 heavy (non-hydrogen) atoms. The SMILES string of the molecule is CC(C)=CCN1CC[C@@H](Nc2ncc(/C=C/C(=O)NO)cc2Cl)C1. The van der Waals surface area contributed by atoms with Crippen molar-refractivity contribution in [2.75, 3.05) is 25.0 Å². The Morgan fingerprint density at radius 2 is 2.33 bits per heavy atom. The summed E-state index contributed by atoms with van der Waals surface area (Å²) in [6.07, 6.45) is 7.65. The smallest absolute Gasteiger partial charge is 0.267 e. The number of anilines is 1. The Bertz CT molecular complexity index is 641. The maximum absolute atomic E-state index is 11.0. The molecule has 1 saturated heterocycles. The molecule has 130 valence electrons. The number of halogens is 1. The first-order valence-corrected chi connectivity index (χ1v) is 8.25. The fraction of sp³-hybridized carbons (Fsp3) is 0.412. The highest BCUT2D eigenvalue weighted by atomic mass is 35.5. The van der Waals surface area contributed by atoms with Gasteiger partial charge in [0.25, 0.3) is 5.91 Å². The van der Waals surface area contributed by atoms with Crippen molar-refractivity contribution in [2.45, 2.75) is 26.3 Å². The third kappa shape index (κ3) is 5.63. The number of pyridine rings is 1. The van der Waals surface area contributed by atoms with Gasteiger partial charge >= 0.3 is 0 Å². The molecule has 1 aromatic rings. The van der Waals surface area contributed by atoms with Gasteiger partial charge in [0.2, 0.25) is 0 Å². The summed E-state index contributed by atoms with van der Waals surface area (Å²) in [7, 11) is 0. The molecule has 2 heterocycles. The molecule has 0 radical (unpaired) electrons. The molecule has 0 unspecified atom stereocenters. The summed E-state index contributed by atoms with van der Waals surface area (Å²) < 4.78 is 0. The summed E-state index contributed by atoms with van der Waals surface area (Å²) >= 11 is 6.26. The molecule has 2 rings (SSSR count). The second-order valence-corrected chi connectivity index (χ2v) is 6.49. The van der Waals surface area contributed by atoms with Gasteiger partial charge in [-0.3, -0.25) is 14.9 Å². The zero-order valence-corrected chi connectivity index (χ0v) is 14.7. The Hall–Kier alpha value is -1.89. The predicted octanol–water partition coefficient (Wildman–Crippen LogP) is 2.71. The first-order chi connectivity index (χ1) is 11.5. The van der Waals surface area contributed by atoms with Crippen LogP contribution in [0.4, 0.5) is 5.82 Å². The summed E-state index contributed by atoms with van der Waals surface area (Å²) in [4.78, 5) is 17.7. The maximum Gasteiger partial charge on any atom is 0.267 e. The van der Waals surface area contributed by atoms with Gasteiger partial charge in [0, 0.05) is 37.9 Å². The Morgan fingerprint density at radius 1 is 1.54 bits per heavy atom. The highest BCUT2D eigenvalue weighted by Crippen LogP contribution is 2.23. The lowest BCUT2D eigenvalue weighted by Gasteiger charge is -2.16. The summed E-state index contributed by atoms with van der Waals surface area (Å²) in [6, 6.07) is 2.05. The topological polar surface area (TPSA) is 77.5 Å². The summed E-state index contributed by atoms with van der Waals surface area (Å²) in [5.74, 6) is 0.0465. The van der Waals surface area contributed by atoms with Crippen LogP contribution in [0.25, 0.3) is 6.08 Å². The van der Waals surface area contributed by atoms with Crippen molar-refractivity contribution in [1.29, 1.82) is 0 Å². The van der Waals surface area contributed by atoms with Crippen molar-refractivity contribution in [2.24, 2.45) is 0 Å². The van der Waals surface area contributed by atoms with Crippen molar-refractivity contribution in [3.63, 3.8) is 0 Å². The molecule has 1 amide bonds. The summed E-state index contributed by atoms with van der Waals surface area (Å²) in [5, 5.41) is 12.3. The van der Waals surface area contributed by atoms with Crippen molar-refractivity contribution >= 4 is 29.4 Å². The van der Waals surface area contributed by atoms with Gasteiger partial charge in [-0.25, -0.2) is 10.5 Å². The highest BCUT2D eigenvalue weighted by molar-refractivity contribution is 6.33. The number of amides is 1. The monoisotopic (exact) mass is 350 g/mol. The normalized spacial score (nSPS) is 17.9. The second-order valence-electron chi connectivity index (χ2n) is 6.08. The molecular formula is C17H23ClN4O2. The molecule has 0 bridgehead atoms. The van der Waals surface area contributed by atoms with Crippen LogP contribution in [0.5, 0.6) is 0 Å². The number of allylic oxidation sites excluding steroid dienone is 1. The molecule has 1 atom stereocenters. The number of aromatic nitrogens is 1. The number of rotatable bonds is 6. The van der Waals surface area contributed by atoms with Crippen molar-refractivity contribution in [1.82, 2.24) is 15.4 Å². The van der Waals surface area contributed by atoms with E-state index in [1.165, 1.54) is 23.2 Å². The molecule has 1 fully saturated rings. The molecule has 1 aliphatic heterocycles. The van der Waals surface area contributed by atoms with Gasteiger partial charge in [0.15, 0.2) is 0 Å². The van der Waals surface area contributed by atoms with Crippen LogP contribution in [0, 0.1) is 0 Å². The lowest BCUT2D eigenvalue weighted by Crippen LogP contribution is -2.26. The number of nitrogens with zero attached hydrogens (tertiary/aromatic N) is 2. The van der Waals surface area contributed by atoms with Crippen LogP contribution >= 0.6 is 11.6 Å². The second kappa shape index (κ2) is 8.82. The molecule has 0 saturated carbocycles. The molecule has 0 aromatic carbocycles. The number of carbonyl (C=O) groups excluding carboxylic acids is 1. The number of hydroxylamine groups is 1. The van der Waals surface area contributed by atoms with Crippen molar-refractivity contribution in [3.8, 4) is 0 Å². The van der Waals surface area contributed by atoms with E-state index in [0.717, 1.165) is 26.1 Å². The quantitative estimate of drug-likeness (QED) is 0.318. The first kappa shape index (κ1) is 18.4. The molecule has 0 spiro atoms. The molecule has 3 N–H and O–H groups in total. The van der Waals surface area contributed by atoms with Crippen LogP contribution in [-0.4, -0.2) is 46.7 Å². The van der Waals surface area contributed by atoms with Gasteiger partial charge in [0.1, 0.15) is 5.82 Å². The zero-order chi connectivity index (χ0) is 17.5. The van der Waals surface area contributed by atoms with Gasteiger partial charge in [-0.1, -0.05) is 23.3 Å². The van der Waals surface area contributed by atoms with Crippen LogP contribution in [0.1, 0.15) is 25.8 Å². The number of hydrogen-bond acceptors (Lipinski definition) is 5. The van der Waals surface area contributed by atoms with E-state index < -0.39 is 5.91 Å². The lowest BCUT2D eigenvalue weighted by atomic mass is 10.2. The Kier molecular flexibility index (Phi) is 6.78. The minimum absolute atomic E-state index is 0.321. The van der Waals surface area contributed by atoms with Crippen LogP contribution in [-0.2, 0) is 4.79 Å². The fourth-order valence-corrected chi connectivity index (χ4v) is 2.71. The number of carbonyl (C=O) groups is 1. The molecule has 6 nitrogen and oxygen atoms in total. The average Bonchev–Trinajstić information content (AvgIpc) is 3.00. The third-order valence-electron chi connectivity index (χ3n) is 3.77. The van der Waals surface area contributed by atoms with Gasteiger partial charge in [-0.05, 0) is 38.0 Å². The Balaban J connectivity index is 1.93. The van der Waals surface area contributed by atoms with E-state index >= 15 is 0 Å². The van der Waals surface area contributed by atoms with Gasteiger partial charge in [0.05, 0.1) is 5.02 Å². The number of nitrogens with one attached hydrogen (secondary N) is 2. The molecule has 7 heteroatoms. The summed E-state index contributed by atoms with van der Waals surface area (Å²) in [6.45, 7) is 7.19. The molecule has 0 aliphatic carbocycles. The van der Waals surface area contributed by atoms with E-state index in [2.05, 4.69) is 35.1 Å². The predicted molar refractivity (Wildman–Crippen MR) is 96.1 cm³/mol. The average molecular weight is 351 g/mol. The van der Waals surface area contributed by atoms with E-state index in [9.17, 15) is 4.79 Å². The zero-order valence-electron chi connectivity index (χ0n) is 13.9.